The number of ether oxygens (including phenoxy) is 1. The first-order chi connectivity index (χ1) is 15.7. The Balaban J connectivity index is 1.28. The van der Waals surface area contributed by atoms with E-state index < -0.39 is 0 Å². The summed E-state index contributed by atoms with van der Waals surface area (Å²) in [7, 11) is 0. The summed E-state index contributed by atoms with van der Waals surface area (Å²) in [6, 6.07) is 16.8. The molecule has 1 aromatic heterocycles. The Kier molecular flexibility index (Phi) is 7.57. The molecule has 1 aliphatic rings. The molecular weight excluding hydrogens is 392 g/mol. The summed E-state index contributed by atoms with van der Waals surface area (Å²) in [4.78, 5) is 9.26. The quantitative estimate of drug-likeness (QED) is 0.294. The van der Waals surface area contributed by atoms with E-state index in [-0.39, 0.29) is 5.60 Å². The van der Waals surface area contributed by atoms with Gasteiger partial charge in [0, 0.05) is 24.4 Å². The highest BCUT2D eigenvalue weighted by molar-refractivity contribution is 5.56. The van der Waals surface area contributed by atoms with Crippen LogP contribution in [0.15, 0.2) is 60.9 Å². The van der Waals surface area contributed by atoms with Gasteiger partial charge in [-0.05, 0) is 42.5 Å². The Morgan fingerprint density at radius 2 is 1.47 bits per heavy atom. The highest BCUT2D eigenvalue weighted by atomic mass is 16.5. The zero-order valence-electron chi connectivity index (χ0n) is 19.6. The average Bonchev–Trinajstić information content (AvgIpc) is 3.19. The van der Waals surface area contributed by atoms with Gasteiger partial charge in [0.15, 0.2) is 5.82 Å². The highest BCUT2D eigenvalue weighted by Crippen LogP contribution is 2.41. The predicted octanol–water partition coefficient (Wildman–Crippen LogP) is 7.68. The Labute approximate surface area is 193 Å². The first-order valence-electron chi connectivity index (χ1n) is 12.4. The van der Waals surface area contributed by atoms with Crippen molar-refractivity contribution in [2.45, 2.75) is 83.7 Å². The lowest BCUT2D eigenvalue weighted by Gasteiger charge is -2.24. The van der Waals surface area contributed by atoms with Crippen LogP contribution in [-0.4, -0.2) is 9.97 Å². The molecule has 0 saturated heterocycles. The molecule has 1 aliphatic heterocycles. The number of hydrogen-bond acceptors (Lipinski definition) is 3. The summed E-state index contributed by atoms with van der Waals surface area (Å²) < 4.78 is 6.29. The van der Waals surface area contributed by atoms with Crippen LogP contribution in [0.25, 0.3) is 11.4 Å². The molecule has 3 heteroatoms. The van der Waals surface area contributed by atoms with Crippen molar-refractivity contribution in [1.82, 2.24) is 9.97 Å². The third-order valence-electron chi connectivity index (χ3n) is 6.61. The fourth-order valence-electron chi connectivity index (χ4n) is 4.62. The van der Waals surface area contributed by atoms with Gasteiger partial charge in [-0.15, -0.1) is 0 Å². The molecule has 32 heavy (non-hydrogen) atoms. The van der Waals surface area contributed by atoms with Gasteiger partial charge in [0.2, 0.25) is 0 Å². The topological polar surface area (TPSA) is 35.0 Å². The van der Waals surface area contributed by atoms with Crippen molar-refractivity contribution in [3.63, 3.8) is 0 Å². The predicted molar refractivity (Wildman–Crippen MR) is 132 cm³/mol. The number of benzene rings is 2. The Hall–Kier alpha value is -2.68. The molecule has 2 heterocycles. The maximum absolute atomic E-state index is 6.29. The zero-order chi connectivity index (χ0) is 22.2. The summed E-state index contributed by atoms with van der Waals surface area (Å²) in [5, 5.41) is 0. The van der Waals surface area contributed by atoms with Crippen molar-refractivity contribution in [3.05, 3.63) is 77.6 Å². The standard InChI is InChI=1S/C29H36N2O/c1-3-4-5-6-7-8-9-10-13-23-21-30-28(31-22-23)24-16-18-26(19-17-24)29(2)20-25-14-11-12-15-27(25)32-29/h11-12,14-19,21-22H,3-10,13,20H2,1-2H3. The van der Waals surface area contributed by atoms with Crippen molar-refractivity contribution in [2.75, 3.05) is 0 Å². The van der Waals surface area contributed by atoms with Gasteiger partial charge >= 0.3 is 0 Å². The number of rotatable bonds is 11. The second kappa shape index (κ2) is 10.8. The molecule has 1 unspecified atom stereocenters. The van der Waals surface area contributed by atoms with E-state index in [4.69, 9.17) is 4.74 Å². The number of fused-ring (bicyclic) bond motifs is 1. The van der Waals surface area contributed by atoms with E-state index in [1.165, 1.54) is 68.1 Å². The fraction of sp³-hybridized carbons (Fsp3) is 0.448. The molecule has 0 N–H and O–H groups in total. The molecule has 0 saturated carbocycles. The molecule has 1 atom stereocenters. The number of nitrogens with zero attached hydrogens (tertiary/aromatic N) is 2. The van der Waals surface area contributed by atoms with Crippen molar-refractivity contribution >= 4 is 0 Å². The van der Waals surface area contributed by atoms with Crippen LogP contribution in [-0.2, 0) is 18.4 Å². The molecule has 0 amide bonds. The number of aryl methyl sites for hydroxylation is 1. The Morgan fingerprint density at radius 3 is 2.16 bits per heavy atom. The van der Waals surface area contributed by atoms with Gasteiger partial charge in [-0.1, -0.05) is 94.3 Å². The minimum atomic E-state index is -0.317. The minimum Gasteiger partial charge on any atom is -0.482 e. The lowest BCUT2D eigenvalue weighted by Crippen LogP contribution is -2.26. The van der Waals surface area contributed by atoms with Crippen LogP contribution in [0.2, 0.25) is 0 Å². The number of unbranched alkanes of at least 4 members (excludes halogenated alkanes) is 7. The number of para-hydroxylation sites is 1. The molecule has 0 radical (unpaired) electrons. The molecule has 0 bridgehead atoms. The largest absolute Gasteiger partial charge is 0.482 e. The summed E-state index contributed by atoms with van der Waals surface area (Å²) in [5.41, 5.74) is 4.42. The Bertz CT molecular complexity index is 954. The van der Waals surface area contributed by atoms with E-state index in [0.717, 1.165) is 30.0 Å². The minimum absolute atomic E-state index is 0.317. The molecule has 3 nitrogen and oxygen atoms in total. The SMILES string of the molecule is CCCCCCCCCCc1cnc(-c2ccc(C3(C)Cc4ccccc4O3)cc2)nc1. The number of hydrogen-bond donors (Lipinski definition) is 0. The monoisotopic (exact) mass is 428 g/mol. The fourth-order valence-corrected chi connectivity index (χ4v) is 4.62. The van der Waals surface area contributed by atoms with Crippen LogP contribution < -0.4 is 4.74 Å². The van der Waals surface area contributed by atoms with Crippen LogP contribution in [0.4, 0.5) is 0 Å². The van der Waals surface area contributed by atoms with E-state index in [9.17, 15) is 0 Å². The molecule has 168 valence electrons. The third-order valence-corrected chi connectivity index (χ3v) is 6.61. The van der Waals surface area contributed by atoms with Gasteiger partial charge in [0.25, 0.3) is 0 Å². The summed E-state index contributed by atoms with van der Waals surface area (Å²) in [6.07, 6.45) is 16.7. The molecule has 0 aliphatic carbocycles. The molecular formula is C29H36N2O. The molecule has 3 aromatic rings. The van der Waals surface area contributed by atoms with Gasteiger partial charge in [-0.2, -0.15) is 0 Å². The van der Waals surface area contributed by atoms with Crippen LogP contribution >= 0.6 is 0 Å². The van der Waals surface area contributed by atoms with Crippen LogP contribution in [0, 0.1) is 0 Å². The summed E-state index contributed by atoms with van der Waals surface area (Å²) >= 11 is 0. The van der Waals surface area contributed by atoms with E-state index >= 15 is 0 Å². The van der Waals surface area contributed by atoms with E-state index in [0.29, 0.717) is 0 Å². The van der Waals surface area contributed by atoms with Crippen molar-refractivity contribution in [3.8, 4) is 17.1 Å². The normalized spacial score (nSPS) is 17.2. The van der Waals surface area contributed by atoms with Crippen LogP contribution in [0.3, 0.4) is 0 Å². The second-order valence-corrected chi connectivity index (χ2v) is 9.33. The molecule has 0 fully saturated rings. The summed E-state index contributed by atoms with van der Waals surface area (Å²) in [5.74, 6) is 1.78. The van der Waals surface area contributed by atoms with Gasteiger partial charge in [0.05, 0.1) is 0 Å². The average molecular weight is 429 g/mol. The smallest absolute Gasteiger partial charge is 0.159 e. The van der Waals surface area contributed by atoms with Gasteiger partial charge < -0.3 is 4.74 Å². The van der Waals surface area contributed by atoms with Crippen molar-refractivity contribution in [1.29, 1.82) is 0 Å². The van der Waals surface area contributed by atoms with E-state index in [1.54, 1.807) is 0 Å². The molecule has 2 aromatic carbocycles. The van der Waals surface area contributed by atoms with Gasteiger partial charge in [-0.25, -0.2) is 9.97 Å². The maximum atomic E-state index is 6.29. The Morgan fingerprint density at radius 1 is 0.812 bits per heavy atom. The lowest BCUT2D eigenvalue weighted by molar-refractivity contribution is 0.116. The van der Waals surface area contributed by atoms with Crippen molar-refractivity contribution < 1.29 is 4.74 Å². The van der Waals surface area contributed by atoms with E-state index in [1.807, 2.05) is 18.5 Å². The van der Waals surface area contributed by atoms with Crippen LogP contribution in [0.1, 0.15) is 81.9 Å². The highest BCUT2D eigenvalue weighted by Gasteiger charge is 2.36. The lowest BCUT2D eigenvalue weighted by atomic mass is 9.90. The number of aromatic nitrogens is 2. The van der Waals surface area contributed by atoms with Gasteiger partial charge in [0.1, 0.15) is 11.4 Å². The van der Waals surface area contributed by atoms with Crippen molar-refractivity contribution in [2.24, 2.45) is 0 Å². The van der Waals surface area contributed by atoms with Crippen LogP contribution in [0.5, 0.6) is 5.75 Å². The zero-order valence-corrected chi connectivity index (χ0v) is 19.6. The van der Waals surface area contributed by atoms with Gasteiger partial charge in [-0.3, -0.25) is 0 Å². The maximum Gasteiger partial charge on any atom is 0.159 e. The second-order valence-electron chi connectivity index (χ2n) is 9.33. The summed E-state index contributed by atoms with van der Waals surface area (Å²) in [6.45, 7) is 4.44. The van der Waals surface area contributed by atoms with E-state index in [2.05, 4.69) is 66.3 Å². The first kappa shape index (κ1) is 22.5. The molecule has 4 rings (SSSR count). The molecule has 0 spiro atoms. The first-order valence-corrected chi connectivity index (χ1v) is 12.4. The third kappa shape index (κ3) is 5.56.